The van der Waals surface area contributed by atoms with Crippen LogP contribution in [0, 0.1) is 46.3 Å². The van der Waals surface area contributed by atoms with E-state index in [9.17, 15) is 14.8 Å². The van der Waals surface area contributed by atoms with Crippen molar-refractivity contribution in [2.24, 2.45) is 51.5 Å². The molecule has 4 saturated carbocycles. The van der Waals surface area contributed by atoms with Crippen LogP contribution >= 0.6 is 0 Å². The fourth-order valence-electron chi connectivity index (χ4n) is 9.95. The largest absolute Gasteiger partial charge is 0.462 e. The Bertz CT molecular complexity index is 900. The molecule has 4 fully saturated rings. The molecule has 4 rings (SSSR count). The molecule has 0 spiro atoms. The number of fused-ring (bicyclic) bond motifs is 5. The predicted octanol–water partition coefficient (Wildman–Crippen LogP) is 7.17. The summed E-state index contributed by atoms with van der Waals surface area (Å²) in [6.45, 7) is 14.8. The molecule has 0 amide bonds. The van der Waals surface area contributed by atoms with Crippen LogP contribution in [0.3, 0.4) is 0 Å². The van der Waals surface area contributed by atoms with E-state index in [1.54, 1.807) is 0 Å². The lowest BCUT2D eigenvalue weighted by molar-refractivity contribution is -0.204. The van der Waals surface area contributed by atoms with Gasteiger partial charge in [0.2, 0.25) is 0 Å². The molecule has 6 nitrogen and oxygen atoms in total. The third kappa shape index (κ3) is 4.84. The summed E-state index contributed by atoms with van der Waals surface area (Å²) >= 11 is 0. The predicted molar refractivity (Wildman–Crippen MR) is 144 cm³/mol. The number of nitrogens with zero attached hydrogens (tertiary/aromatic N) is 1. The molecule has 0 radical (unpaired) electrons. The lowest BCUT2D eigenvalue weighted by Gasteiger charge is -2.64. The zero-order valence-corrected chi connectivity index (χ0v) is 24.3. The number of rotatable bonds is 7. The van der Waals surface area contributed by atoms with Gasteiger partial charge in [0.1, 0.15) is 11.8 Å². The monoisotopic (exact) mass is 517 g/mol. The van der Waals surface area contributed by atoms with Crippen LogP contribution in [0.5, 0.6) is 0 Å². The van der Waals surface area contributed by atoms with Crippen molar-refractivity contribution in [2.75, 3.05) is 0 Å². The maximum atomic E-state index is 12.5. The first-order valence-corrected chi connectivity index (χ1v) is 15.0. The van der Waals surface area contributed by atoms with Gasteiger partial charge in [-0.05, 0) is 85.9 Å². The minimum Gasteiger partial charge on any atom is -0.462 e. The molecule has 0 heterocycles. The van der Waals surface area contributed by atoms with Crippen molar-refractivity contribution in [2.45, 2.75) is 131 Å². The molecule has 0 aromatic rings. The Balaban J connectivity index is 1.63. The van der Waals surface area contributed by atoms with Crippen LogP contribution in [0.2, 0.25) is 0 Å². The van der Waals surface area contributed by atoms with E-state index < -0.39 is 5.60 Å². The molecule has 1 N–H and O–H groups in total. The second-order valence-electron chi connectivity index (χ2n) is 14.0. The van der Waals surface area contributed by atoms with E-state index in [-0.39, 0.29) is 23.5 Å². The number of carbonyl (C=O) groups excluding carboxylic acids is 2. The summed E-state index contributed by atoms with van der Waals surface area (Å²) in [6, 6.07) is 0. The molecule has 210 valence electrons. The number of esters is 2. The summed E-state index contributed by atoms with van der Waals surface area (Å²) in [5, 5.41) is 14.2. The molecule has 0 aliphatic heterocycles. The summed E-state index contributed by atoms with van der Waals surface area (Å²) in [5.74, 6) is 2.96. The molecule has 4 aliphatic rings. The second kappa shape index (κ2) is 10.5. The Morgan fingerprint density at radius 3 is 2.35 bits per heavy atom. The van der Waals surface area contributed by atoms with E-state index in [1.807, 2.05) is 0 Å². The van der Waals surface area contributed by atoms with Gasteiger partial charge in [0, 0.05) is 25.7 Å². The Morgan fingerprint density at radius 2 is 1.73 bits per heavy atom. The number of oxime groups is 1. The van der Waals surface area contributed by atoms with Crippen LogP contribution in [0.25, 0.3) is 0 Å². The molecule has 4 aliphatic carbocycles. The summed E-state index contributed by atoms with van der Waals surface area (Å²) in [5.41, 5.74) is -0.474. The number of carbonyl (C=O) groups is 2. The van der Waals surface area contributed by atoms with E-state index in [0.717, 1.165) is 37.0 Å². The topological polar surface area (TPSA) is 85.2 Å². The maximum Gasteiger partial charge on any atom is 0.303 e. The zero-order valence-electron chi connectivity index (χ0n) is 24.3. The summed E-state index contributed by atoms with van der Waals surface area (Å²) in [7, 11) is 0. The van der Waals surface area contributed by atoms with Crippen molar-refractivity contribution in [3.8, 4) is 0 Å². The van der Waals surface area contributed by atoms with Gasteiger partial charge in [-0.1, -0.05) is 59.0 Å². The van der Waals surface area contributed by atoms with Crippen molar-refractivity contribution in [1.29, 1.82) is 0 Å². The number of hydrogen-bond donors (Lipinski definition) is 1. The first kappa shape index (κ1) is 28.4. The van der Waals surface area contributed by atoms with E-state index in [2.05, 4.69) is 39.8 Å². The normalized spacial score (nSPS) is 43.0. The minimum atomic E-state index is -1.02. The van der Waals surface area contributed by atoms with Crippen LogP contribution in [0.1, 0.15) is 119 Å². The third-order valence-corrected chi connectivity index (χ3v) is 11.5. The van der Waals surface area contributed by atoms with Crippen LogP contribution < -0.4 is 0 Å². The molecule has 0 aromatic carbocycles. The maximum absolute atomic E-state index is 12.5. The fraction of sp³-hybridized carbons (Fsp3) is 0.903. The van der Waals surface area contributed by atoms with Crippen molar-refractivity contribution in [3.63, 3.8) is 0 Å². The average Bonchev–Trinajstić information content (AvgIpc) is 3.15. The molecule has 0 unspecified atom stereocenters. The highest BCUT2D eigenvalue weighted by Crippen LogP contribution is 2.69. The van der Waals surface area contributed by atoms with E-state index >= 15 is 0 Å². The lowest BCUT2D eigenvalue weighted by Crippen LogP contribution is -2.68. The van der Waals surface area contributed by atoms with E-state index in [4.69, 9.17) is 9.47 Å². The molecule has 0 saturated heterocycles. The van der Waals surface area contributed by atoms with Crippen molar-refractivity contribution in [3.05, 3.63) is 0 Å². The molecule has 9 atom stereocenters. The highest BCUT2D eigenvalue weighted by atomic mass is 16.6. The van der Waals surface area contributed by atoms with Crippen molar-refractivity contribution >= 4 is 17.7 Å². The van der Waals surface area contributed by atoms with Crippen LogP contribution in [0.15, 0.2) is 5.16 Å². The SMILES string of the molecule is CC(=O)O[C@@H]1CC[C@]2(C)[C@@H]3CC[C@@]4(C)[C@H](CC[C@@H]4[C@H](C)CCCC(C)C)[C@H]3C/C(=N/O)[C@@]2(OC(C)=O)C1. The minimum absolute atomic E-state index is 0.311. The molecule has 0 aromatic heterocycles. The summed E-state index contributed by atoms with van der Waals surface area (Å²) in [6.07, 6.45) is 11.0. The van der Waals surface area contributed by atoms with Crippen LogP contribution in [0.4, 0.5) is 0 Å². The van der Waals surface area contributed by atoms with Gasteiger partial charge in [-0.2, -0.15) is 0 Å². The second-order valence-corrected chi connectivity index (χ2v) is 14.0. The quantitative estimate of drug-likeness (QED) is 0.220. The van der Waals surface area contributed by atoms with Gasteiger partial charge in [-0.25, -0.2) is 0 Å². The Hall–Kier alpha value is -1.59. The smallest absolute Gasteiger partial charge is 0.303 e. The van der Waals surface area contributed by atoms with Gasteiger partial charge < -0.3 is 14.7 Å². The van der Waals surface area contributed by atoms with Gasteiger partial charge in [-0.3, -0.25) is 9.59 Å². The molecular formula is C31H51NO5. The summed E-state index contributed by atoms with van der Waals surface area (Å²) in [4.78, 5) is 24.3. The van der Waals surface area contributed by atoms with Gasteiger partial charge >= 0.3 is 11.9 Å². The summed E-state index contributed by atoms with van der Waals surface area (Å²) < 4.78 is 11.8. The highest BCUT2D eigenvalue weighted by molar-refractivity contribution is 5.96. The molecule has 37 heavy (non-hydrogen) atoms. The first-order valence-electron chi connectivity index (χ1n) is 15.0. The van der Waals surface area contributed by atoms with Crippen molar-refractivity contribution in [1.82, 2.24) is 0 Å². The molecule has 0 bridgehead atoms. The van der Waals surface area contributed by atoms with Gasteiger partial charge in [0.15, 0.2) is 5.60 Å². The molecule has 6 heteroatoms. The van der Waals surface area contributed by atoms with E-state index in [0.29, 0.717) is 41.7 Å². The zero-order chi connectivity index (χ0) is 27.2. The standard InChI is InChI=1S/C31H51NO5/c1-19(2)9-8-10-20(3)25-11-12-26-24-17-28(32-35)31(37-22(5)34)18-23(36-21(4)33)13-16-30(31,7)27(24)14-15-29(25,26)6/h19-20,23-27,35H,8-18H2,1-7H3/b32-28-/t20-,23-,24-,25-,26-,27-,29-,30-,31+/m1/s1. The fourth-order valence-corrected chi connectivity index (χ4v) is 9.95. The molecular weight excluding hydrogens is 466 g/mol. The highest BCUT2D eigenvalue weighted by Gasteiger charge is 2.69. The Labute approximate surface area is 224 Å². The Morgan fingerprint density at radius 1 is 1.00 bits per heavy atom. The van der Waals surface area contributed by atoms with Gasteiger partial charge in [0.25, 0.3) is 0 Å². The number of ether oxygens (including phenoxy) is 2. The van der Waals surface area contributed by atoms with Crippen LogP contribution in [-0.4, -0.2) is 34.6 Å². The number of hydrogen-bond acceptors (Lipinski definition) is 6. The third-order valence-electron chi connectivity index (χ3n) is 11.5. The van der Waals surface area contributed by atoms with Gasteiger partial charge in [0.05, 0.1) is 0 Å². The lowest BCUT2D eigenvalue weighted by atomic mass is 9.42. The van der Waals surface area contributed by atoms with Crippen LogP contribution in [-0.2, 0) is 19.1 Å². The van der Waals surface area contributed by atoms with Crippen molar-refractivity contribution < 1.29 is 24.3 Å². The average molecular weight is 518 g/mol. The first-order chi connectivity index (χ1) is 17.4. The van der Waals surface area contributed by atoms with E-state index in [1.165, 1.54) is 52.4 Å². The van der Waals surface area contributed by atoms with Gasteiger partial charge in [-0.15, -0.1) is 0 Å². The Kier molecular flexibility index (Phi) is 8.08.